The maximum atomic E-state index is 2.36. The second-order valence-electron chi connectivity index (χ2n) is 4.56. The smallest absolute Gasteiger partial charge is 0.0166 e. The van der Waals surface area contributed by atoms with Crippen LogP contribution < -0.4 is 0 Å². The lowest BCUT2D eigenvalue weighted by atomic mass is 9.94. The molecule has 2 rings (SSSR count). The monoisotopic (exact) mass is 201 g/mol. The maximum absolute atomic E-state index is 2.36. The summed E-state index contributed by atoms with van der Waals surface area (Å²) < 4.78 is 0. The van der Waals surface area contributed by atoms with Crippen LogP contribution in [0.4, 0.5) is 0 Å². The van der Waals surface area contributed by atoms with E-state index in [1.165, 1.54) is 35.2 Å². The number of hydrogen-bond donors (Lipinski definition) is 0. The van der Waals surface area contributed by atoms with Crippen LogP contribution in [0.25, 0.3) is 5.57 Å². The third-order valence-electron chi connectivity index (χ3n) is 3.14. The van der Waals surface area contributed by atoms with E-state index < -0.39 is 0 Å². The highest BCUT2D eigenvalue weighted by molar-refractivity contribution is 5.69. The molecule has 0 saturated heterocycles. The number of likely N-dealkylation sites (N-methyl/N-ethyl adjacent to an activating group) is 1. The Labute approximate surface area is 92.4 Å². The molecule has 0 aliphatic carbocycles. The van der Waals surface area contributed by atoms with Gasteiger partial charge in [0.1, 0.15) is 0 Å². The minimum absolute atomic E-state index is 1.09. The van der Waals surface area contributed by atoms with Crippen molar-refractivity contribution in [1.29, 1.82) is 0 Å². The van der Waals surface area contributed by atoms with Crippen molar-refractivity contribution in [3.63, 3.8) is 0 Å². The van der Waals surface area contributed by atoms with Gasteiger partial charge in [0.2, 0.25) is 0 Å². The van der Waals surface area contributed by atoms with Gasteiger partial charge in [-0.2, -0.15) is 0 Å². The molecule has 1 heterocycles. The highest BCUT2D eigenvalue weighted by Gasteiger charge is 2.10. The molecule has 0 saturated carbocycles. The molecule has 80 valence electrons. The number of nitrogens with zero attached hydrogens (tertiary/aromatic N) is 1. The Kier molecular flexibility index (Phi) is 2.92. The van der Waals surface area contributed by atoms with E-state index in [-0.39, 0.29) is 0 Å². The van der Waals surface area contributed by atoms with Gasteiger partial charge in [-0.25, -0.2) is 0 Å². The summed E-state index contributed by atoms with van der Waals surface area (Å²) >= 11 is 0. The molecule has 0 unspecified atom stereocenters. The first-order valence-corrected chi connectivity index (χ1v) is 5.62. The van der Waals surface area contributed by atoms with Crippen molar-refractivity contribution >= 4 is 5.57 Å². The molecule has 15 heavy (non-hydrogen) atoms. The Hall–Kier alpha value is -1.08. The van der Waals surface area contributed by atoms with Crippen LogP contribution >= 0.6 is 0 Å². The largest absolute Gasteiger partial charge is 0.302 e. The van der Waals surface area contributed by atoms with Crippen molar-refractivity contribution < 1.29 is 0 Å². The summed E-state index contributed by atoms with van der Waals surface area (Å²) in [6.07, 6.45) is 3.54. The number of hydrogen-bond acceptors (Lipinski definition) is 1. The summed E-state index contributed by atoms with van der Waals surface area (Å²) in [5, 5.41) is 0. The van der Waals surface area contributed by atoms with Crippen LogP contribution in [-0.4, -0.2) is 25.0 Å². The molecule has 1 aromatic carbocycles. The van der Waals surface area contributed by atoms with Crippen LogP contribution in [0.2, 0.25) is 0 Å². The average Bonchev–Trinajstić information content (AvgIpc) is 2.20. The summed E-state index contributed by atoms with van der Waals surface area (Å²) in [5.74, 6) is 0. The fourth-order valence-electron chi connectivity index (χ4n) is 2.19. The van der Waals surface area contributed by atoms with Gasteiger partial charge < -0.3 is 4.90 Å². The molecule has 0 fully saturated rings. The Morgan fingerprint density at radius 1 is 1.20 bits per heavy atom. The van der Waals surface area contributed by atoms with Gasteiger partial charge >= 0.3 is 0 Å². The van der Waals surface area contributed by atoms with E-state index in [1.54, 1.807) is 0 Å². The molecule has 0 spiro atoms. The summed E-state index contributed by atoms with van der Waals surface area (Å²) in [4.78, 5) is 2.35. The summed E-state index contributed by atoms with van der Waals surface area (Å²) in [5.41, 5.74) is 5.72. The minimum atomic E-state index is 1.09. The van der Waals surface area contributed by atoms with E-state index in [9.17, 15) is 0 Å². The van der Waals surface area contributed by atoms with E-state index >= 15 is 0 Å². The Morgan fingerprint density at radius 3 is 2.60 bits per heavy atom. The second-order valence-corrected chi connectivity index (χ2v) is 4.56. The zero-order chi connectivity index (χ0) is 10.8. The van der Waals surface area contributed by atoms with E-state index in [1.807, 2.05) is 0 Å². The Morgan fingerprint density at radius 2 is 2.00 bits per heavy atom. The van der Waals surface area contributed by atoms with Gasteiger partial charge in [-0.3, -0.25) is 0 Å². The van der Waals surface area contributed by atoms with Crippen LogP contribution in [-0.2, 0) is 0 Å². The molecule has 1 aromatic rings. The first kappa shape index (κ1) is 10.4. The van der Waals surface area contributed by atoms with Gasteiger partial charge in [0.15, 0.2) is 0 Å². The van der Waals surface area contributed by atoms with E-state index in [2.05, 4.69) is 50.1 Å². The van der Waals surface area contributed by atoms with Crippen molar-refractivity contribution in [2.45, 2.75) is 20.3 Å². The molecule has 1 aliphatic heterocycles. The zero-order valence-electron chi connectivity index (χ0n) is 9.88. The van der Waals surface area contributed by atoms with Crippen molar-refractivity contribution in [3.05, 3.63) is 41.0 Å². The molecule has 1 nitrogen and oxygen atoms in total. The van der Waals surface area contributed by atoms with Crippen molar-refractivity contribution in [2.75, 3.05) is 20.1 Å². The molecule has 0 N–H and O–H groups in total. The quantitative estimate of drug-likeness (QED) is 0.675. The second kappa shape index (κ2) is 4.19. The van der Waals surface area contributed by atoms with Crippen molar-refractivity contribution in [3.8, 4) is 0 Å². The zero-order valence-corrected chi connectivity index (χ0v) is 9.88. The standard InChI is InChI=1S/C14H19N/c1-11-4-5-14(12(2)10-11)13-6-8-15(3)9-7-13/h4-6,10H,7-9H2,1-3H3. The van der Waals surface area contributed by atoms with Crippen LogP contribution in [0, 0.1) is 13.8 Å². The van der Waals surface area contributed by atoms with Crippen molar-refractivity contribution in [1.82, 2.24) is 4.90 Å². The van der Waals surface area contributed by atoms with Crippen molar-refractivity contribution in [2.24, 2.45) is 0 Å². The first-order chi connectivity index (χ1) is 7.16. The molecule has 0 amide bonds. The summed E-state index contributed by atoms with van der Waals surface area (Å²) in [6.45, 7) is 6.63. The van der Waals surface area contributed by atoms with Crippen LogP contribution in [0.15, 0.2) is 24.3 Å². The van der Waals surface area contributed by atoms with Crippen LogP contribution in [0.1, 0.15) is 23.1 Å². The number of aryl methyl sites for hydroxylation is 2. The fraction of sp³-hybridized carbons (Fsp3) is 0.429. The van der Waals surface area contributed by atoms with Crippen LogP contribution in [0.5, 0.6) is 0 Å². The molecule has 0 atom stereocenters. The molecule has 0 bridgehead atoms. The van der Waals surface area contributed by atoms with Gasteiger partial charge in [-0.05, 0) is 44.0 Å². The maximum Gasteiger partial charge on any atom is 0.0166 e. The van der Waals surface area contributed by atoms with Gasteiger partial charge in [0.05, 0.1) is 0 Å². The topological polar surface area (TPSA) is 3.24 Å². The third kappa shape index (κ3) is 2.29. The SMILES string of the molecule is Cc1ccc(C2=CCN(C)CC2)c(C)c1. The first-order valence-electron chi connectivity index (χ1n) is 5.62. The Balaban J connectivity index is 2.30. The molecular weight excluding hydrogens is 182 g/mol. The molecule has 0 aromatic heterocycles. The van der Waals surface area contributed by atoms with Gasteiger partial charge in [0, 0.05) is 13.1 Å². The lowest BCUT2D eigenvalue weighted by Crippen LogP contribution is -2.23. The highest BCUT2D eigenvalue weighted by Crippen LogP contribution is 2.25. The molecular formula is C14H19N. The Bertz CT molecular complexity index is 390. The summed E-state index contributed by atoms with van der Waals surface area (Å²) in [7, 11) is 2.18. The van der Waals surface area contributed by atoms with Gasteiger partial charge in [0.25, 0.3) is 0 Å². The number of rotatable bonds is 1. The number of benzene rings is 1. The molecule has 0 radical (unpaired) electrons. The third-order valence-corrected chi connectivity index (χ3v) is 3.14. The predicted octanol–water partition coefficient (Wildman–Crippen LogP) is 3.02. The predicted molar refractivity (Wildman–Crippen MR) is 66.0 cm³/mol. The van der Waals surface area contributed by atoms with E-state index in [0.29, 0.717) is 0 Å². The average molecular weight is 201 g/mol. The minimum Gasteiger partial charge on any atom is -0.302 e. The highest BCUT2D eigenvalue weighted by atomic mass is 15.1. The van der Waals surface area contributed by atoms with E-state index in [0.717, 1.165) is 6.54 Å². The lowest BCUT2D eigenvalue weighted by Gasteiger charge is -2.23. The molecule has 1 heteroatoms. The molecule has 1 aliphatic rings. The van der Waals surface area contributed by atoms with Gasteiger partial charge in [-0.15, -0.1) is 0 Å². The van der Waals surface area contributed by atoms with E-state index in [4.69, 9.17) is 0 Å². The normalized spacial score (nSPS) is 17.7. The van der Waals surface area contributed by atoms with Crippen LogP contribution in [0.3, 0.4) is 0 Å². The van der Waals surface area contributed by atoms with Gasteiger partial charge in [-0.1, -0.05) is 29.8 Å². The lowest BCUT2D eigenvalue weighted by molar-refractivity contribution is 0.370. The fourth-order valence-corrected chi connectivity index (χ4v) is 2.19. The summed E-state index contributed by atoms with van der Waals surface area (Å²) in [6, 6.07) is 6.75.